The van der Waals surface area contributed by atoms with Crippen LogP contribution in [-0.2, 0) is 0 Å². The molecule has 3 atom stereocenters. The van der Waals surface area contributed by atoms with E-state index in [1.165, 1.54) is 17.6 Å². The molecule has 20 heavy (non-hydrogen) atoms. The molecule has 2 aliphatic carbocycles. The minimum absolute atomic E-state index is 0.232. The van der Waals surface area contributed by atoms with E-state index >= 15 is 0 Å². The fraction of sp³-hybridized carbons (Fsp3) is 0.579. The second-order valence-corrected chi connectivity index (χ2v) is 7.58. The molecule has 1 N–H and O–H groups in total. The predicted octanol–water partition coefficient (Wildman–Crippen LogP) is 4.68. The van der Waals surface area contributed by atoms with Crippen LogP contribution < -0.4 is 0 Å². The molecule has 2 saturated carbocycles. The third kappa shape index (κ3) is 2.22. The van der Waals surface area contributed by atoms with Gasteiger partial charge in [-0.2, -0.15) is 0 Å². The molecule has 0 aromatic heterocycles. The second-order valence-electron chi connectivity index (χ2n) is 7.58. The van der Waals surface area contributed by atoms with E-state index in [0.717, 1.165) is 25.7 Å². The molecule has 0 radical (unpaired) electrons. The molecule has 1 aromatic rings. The Morgan fingerprint density at radius 1 is 1.10 bits per heavy atom. The van der Waals surface area contributed by atoms with Crippen molar-refractivity contribution in [1.82, 2.24) is 0 Å². The Bertz CT molecular complexity index is 502. The van der Waals surface area contributed by atoms with Crippen LogP contribution in [0.2, 0.25) is 0 Å². The monoisotopic (exact) mass is 270 g/mol. The highest BCUT2D eigenvalue weighted by Gasteiger charge is 2.53. The van der Waals surface area contributed by atoms with Crippen molar-refractivity contribution in [2.75, 3.05) is 0 Å². The third-order valence-corrected chi connectivity index (χ3v) is 5.53. The smallest absolute Gasteiger partial charge is 0.0785 e. The highest BCUT2D eigenvalue weighted by atomic mass is 16.3. The first kappa shape index (κ1) is 13.9. The van der Waals surface area contributed by atoms with E-state index in [1.54, 1.807) is 0 Å². The fourth-order valence-corrected chi connectivity index (χ4v) is 4.58. The van der Waals surface area contributed by atoms with Gasteiger partial charge in [-0.25, -0.2) is 0 Å². The molecule has 2 fully saturated rings. The lowest BCUT2D eigenvalue weighted by molar-refractivity contribution is -0.104. The largest absolute Gasteiger partial charge is 0.389 e. The summed E-state index contributed by atoms with van der Waals surface area (Å²) < 4.78 is 0. The number of benzene rings is 1. The molecule has 1 nitrogen and oxygen atoms in total. The van der Waals surface area contributed by atoms with Crippen molar-refractivity contribution in [1.29, 1.82) is 0 Å². The maximum atomic E-state index is 11.5. The summed E-state index contributed by atoms with van der Waals surface area (Å²) in [7, 11) is 0. The normalized spacial score (nSPS) is 36.5. The molecule has 108 valence electrons. The van der Waals surface area contributed by atoms with Crippen molar-refractivity contribution >= 4 is 0 Å². The molecule has 0 aliphatic heterocycles. The molecule has 0 amide bonds. The summed E-state index contributed by atoms with van der Waals surface area (Å²) in [6.45, 7) is 8.84. The molecular formula is C19H26O. The maximum absolute atomic E-state index is 11.5. The van der Waals surface area contributed by atoms with Crippen molar-refractivity contribution in [3.05, 3.63) is 48.0 Å². The van der Waals surface area contributed by atoms with Gasteiger partial charge < -0.3 is 5.11 Å². The Balaban J connectivity index is 2.00. The van der Waals surface area contributed by atoms with Crippen LogP contribution in [0.4, 0.5) is 0 Å². The molecule has 0 unspecified atom stereocenters. The Morgan fingerprint density at radius 3 is 2.50 bits per heavy atom. The lowest BCUT2D eigenvalue weighted by Crippen LogP contribution is -2.53. The summed E-state index contributed by atoms with van der Waals surface area (Å²) in [4.78, 5) is 0. The average molecular weight is 270 g/mol. The minimum atomic E-state index is -0.599. The Kier molecular flexibility index (Phi) is 3.29. The molecule has 0 saturated heterocycles. The van der Waals surface area contributed by atoms with E-state index in [1.807, 2.05) is 0 Å². The molecule has 2 aliphatic rings. The summed E-state index contributed by atoms with van der Waals surface area (Å²) in [5.41, 5.74) is 2.20. The number of hydrogen-bond acceptors (Lipinski definition) is 1. The first-order valence-electron chi connectivity index (χ1n) is 7.87. The summed E-state index contributed by atoms with van der Waals surface area (Å²) in [6, 6.07) is 10.6. The van der Waals surface area contributed by atoms with Gasteiger partial charge in [0.15, 0.2) is 0 Å². The van der Waals surface area contributed by atoms with Gasteiger partial charge in [0.2, 0.25) is 0 Å². The molecule has 0 bridgehead atoms. The third-order valence-electron chi connectivity index (χ3n) is 5.53. The minimum Gasteiger partial charge on any atom is -0.389 e. The summed E-state index contributed by atoms with van der Waals surface area (Å²) >= 11 is 0. The fourth-order valence-electron chi connectivity index (χ4n) is 4.58. The van der Waals surface area contributed by atoms with Crippen molar-refractivity contribution in [2.45, 2.75) is 57.5 Å². The van der Waals surface area contributed by atoms with Gasteiger partial charge in [0, 0.05) is 11.8 Å². The molecule has 0 spiro atoms. The van der Waals surface area contributed by atoms with Gasteiger partial charge in [-0.15, -0.1) is 0 Å². The van der Waals surface area contributed by atoms with Crippen LogP contribution in [0, 0.1) is 11.3 Å². The Labute approximate surface area is 122 Å². The van der Waals surface area contributed by atoms with Crippen LogP contribution in [0.5, 0.6) is 0 Å². The van der Waals surface area contributed by atoms with Crippen molar-refractivity contribution < 1.29 is 5.11 Å². The molecule has 3 rings (SSSR count). The highest BCUT2D eigenvalue weighted by molar-refractivity contribution is 5.30. The quantitative estimate of drug-likeness (QED) is 0.735. The van der Waals surface area contributed by atoms with E-state index in [-0.39, 0.29) is 17.3 Å². The number of fused-ring (bicyclic) bond motifs is 1. The first-order chi connectivity index (χ1) is 9.42. The van der Waals surface area contributed by atoms with Crippen molar-refractivity contribution in [3.8, 4) is 0 Å². The SMILES string of the molecule is C=C1CC[C@H](c2ccccc2)[C@@]2(O)CC(C)(C)CC[C@H]12. The van der Waals surface area contributed by atoms with Gasteiger partial charge in [0.25, 0.3) is 0 Å². The van der Waals surface area contributed by atoms with E-state index in [9.17, 15) is 5.11 Å². The van der Waals surface area contributed by atoms with E-state index < -0.39 is 5.60 Å². The van der Waals surface area contributed by atoms with Gasteiger partial charge in [-0.1, -0.05) is 56.3 Å². The first-order valence-corrected chi connectivity index (χ1v) is 7.87. The van der Waals surface area contributed by atoms with Crippen LogP contribution in [-0.4, -0.2) is 10.7 Å². The number of aliphatic hydroxyl groups is 1. The zero-order valence-electron chi connectivity index (χ0n) is 12.7. The van der Waals surface area contributed by atoms with Gasteiger partial charge in [0.1, 0.15) is 0 Å². The summed E-state index contributed by atoms with van der Waals surface area (Å²) in [6.07, 6.45) is 5.27. The maximum Gasteiger partial charge on any atom is 0.0785 e. The second kappa shape index (κ2) is 4.73. The average Bonchev–Trinajstić information content (AvgIpc) is 2.38. The summed E-state index contributed by atoms with van der Waals surface area (Å²) in [5.74, 6) is 0.549. The van der Waals surface area contributed by atoms with Crippen LogP contribution in [0.25, 0.3) is 0 Å². The van der Waals surface area contributed by atoms with Crippen LogP contribution in [0.1, 0.15) is 57.4 Å². The van der Waals surface area contributed by atoms with Gasteiger partial charge >= 0.3 is 0 Å². The highest BCUT2D eigenvalue weighted by Crippen LogP contribution is 2.56. The van der Waals surface area contributed by atoms with E-state index in [2.05, 4.69) is 50.8 Å². The topological polar surface area (TPSA) is 20.2 Å². The molecule has 0 heterocycles. The van der Waals surface area contributed by atoms with Gasteiger partial charge in [0.05, 0.1) is 5.60 Å². The number of rotatable bonds is 1. The molecule has 1 aromatic carbocycles. The summed E-state index contributed by atoms with van der Waals surface area (Å²) in [5, 5.41) is 11.5. The van der Waals surface area contributed by atoms with Crippen molar-refractivity contribution in [3.63, 3.8) is 0 Å². The van der Waals surface area contributed by atoms with Crippen LogP contribution in [0.15, 0.2) is 42.5 Å². The van der Waals surface area contributed by atoms with Crippen LogP contribution >= 0.6 is 0 Å². The van der Waals surface area contributed by atoms with Crippen LogP contribution in [0.3, 0.4) is 0 Å². The van der Waals surface area contributed by atoms with Gasteiger partial charge in [-0.05, 0) is 43.1 Å². The van der Waals surface area contributed by atoms with Crippen molar-refractivity contribution in [2.24, 2.45) is 11.3 Å². The Morgan fingerprint density at radius 2 is 1.80 bits per heavy atom. The lowest BCUT2D eigenvalue weighted by Gasteiger charge is -2.54. The lowest BCUT2D eigenvalue weighted by atomic mass is 9.54. The Hall–Kier alpha value is -1.08. The van der Waals surface area contributed by atoms with E-state index in [0.29, 0.717) is 0 Å². The predicted molar refractivity (Wildman–Crippen MR) is 83.6 cm³/mol. The zero-order chi connectivity index (χ0) is 14.4. The standard InChI is InChI=1S/C19H26O/c1-14-9-10-17(15-7-5-4-6-8-15)19(20)13-18(2,3)12-11-16(14)19/h4-8,16-17,20H,1,9-13H2,2-3H3/t16-,17-,19-/m1/s1. The van der Waals surface area contributed by atoms with E-state index in [4.69, 9.17) is 0 Å². The molecule has 1 heteroatoms. The molecular weight excluding hydrogens is 244 g/mol. The van der Waals surface area contributed by atoms with Gasteiger partial charge in [-0.3, -0.25) is 0 Å². The zero-order valence-corrected chi connectivity index (χ0v) is 12.7. The number of hydrogen-bond donors (Lipinski definition) is 1.